The number of halogens is 4. The summed E-state index contributed by atoms with van der Waals surface area (Å²) in [6, 6.07) is 0. The molecule has 0 atom stereocenters. The molecule has 12 heavy (non-hydrogen) atoms. The maximum atomic E-state index is 12.8. The summed E-state index contributed by atoms with van der Waals surface area (Å²) in [5.41, 5.74) is 0. The van der Waals surface area contributed by atoms with Crippen molar-refractivity contribution in [2.24, 2.45) is 0 Å². The highest BCUT2D eigenvalue weighted by Gasteiger charge is 2.58. The minimum absolute atomic E-state index is 0.358. The predicted molar refractivity (Wildman–Crippen MR) is 31.0 cm³/mol. The van der Waals surface area contributed by atoms with Crippen molar-refractivity contribution in [2.45, 2.75) is 24.6 Å². The Morgan fingerprint density at radius 3 is 2.08 bits per heavy atom. The first-order valence-corrected chi connectivity index (χ1v) is 3.42. The lowest BCUT2D eigenvalue weighted by atomic mass is 9.88. The van der Waals surface area contributed by atoms with Crippen molar-refractivity contribution in [3.8, 4) is 0 Å². The van der Waals surface area contributed by atoms with E-state index in [1.165, 1.54) is 0 Å². The molecule has 1 aliphatic rings. The molecule has 0 radical (unpaired) electrons. The van der Waals surface area contributed by atoms with Crippen LogP contribution in [0.2, 0.25) is 0 Å². The van der Waals surface area contributed by atoms with Gasteiger partial charge in [0.05, 0.1) is 19.4 Å². The molecule has 0 N–H and O–H groups in total. The second-order valence-corrected chi connectivity index (χ2v) is 2.75. The SMILES string of the molecule is FOCCOC1(F)CC(F)(F)C1. The Balaban J connectivity index is 2.17. The second-order valence-electron chi connectivity index (χ2n) is 2.75. The van der Waals surface area contributed by atoms with Gasteiger partial charge in [0.15, 0.2) is 0 Å². The van der Waals surface area contributed by atoms with Crippen LogP contribution in [0.15, 0.2) is 0 Å². The molecule has 0 aromatic heterocycles. The summed E-state index contributed by atoms with van der Waals surface area (Å²) in [4.78, 5) is 3.08. The van der Waals surface area contributed by atoms with Gasteiger partial charge in [0, 0.05) is 0 Å². The molecule has 0 aliphatic heterocycles. The fourth-order valence-corrected chi connectivity index (χ4v) is 1.08. The Kier molecular flexibility index (Phi) is 2.58. The first-order valence-electron chi connectivity index (χ1n) is 3.42. The fourth-order valence-electron chi connectivity index (χ4n) is 1.08. The molecule has 0 aromatic rings. The predicted octanol–water partition coefficient (Wildman–Crippen LogP) is 2.00. The van der Waals surface area contributed by atoms with Gasteiger partial charge in [-0.1, -0.05) is 0 Å². The molecule has 1 aliphatic carbocycles. The van der Waals surface area contributed by atoms with Gasteiger partial charge in [-0.05, 0) is 4.53 Å². The highest BCUT2D eigenvalue weighted by atomic mass is 19.3. The minimum atomic E-state index is -2.98. The molecule has 0 bridgehead atoms. The summed E-state index contributed by atoms with van der Waals surface area (Å²) in [6.45, 7) is -0.805. The molecule has 1 saturated carbocycles. The Bertz CT molecular complexity index is 154. The summed E-state index contributed by atoms with van der Waals surface area (Å²) in [5, 5.41) is 0. The molecule has 0 heterocycles. The Hall–Kier alpha value is -0.360. The van der Waals surface area contributed by atoms with Crippen LogP contribution in [0.3, 0.4) is 0 Å². The molecular weight excluding hydrogens is 180 g/mol. The minimum Gasteiger partial charge on any atom is -0.343 e. The van der Waals surface area contributed by atoms with E-state index in [2.05, 4.69) is 9.68 Å². The van der Waals surface area contributed by atoms with Crippen LogP contribution < -0.4 is 0 Å². The van der Waals surface area contributed by atoms with Gasteiger partial charge in [-0.2, -0.15) is 4.94 Å². The van der Waals surface area contributed by atoms with Gasteiger partial charge in [0.25, 0.3) is 5.92 Å². The molecule has 6 heteroatoms. The Morgan fingerprint density at radius 1 is 1.08 bits per heavy atom. The van der Waals surface area contributed by atoms with E-state index in [4.69, 9.17) is 0 Å². The van der Waals surface area contributed by atoms with E-state index in [0.717, 1.165) is 0 Å². The fraction of sp³-hybridized carbons (Fsp3) is 1.00. The van der Waals surface area contributed by atoms with Gasteiger partial charge in [0.2, 0.25) is 5.85 Å². The van der Waals surface area contributed by atoms with Gasteiger partial charge in [0.1, 0.15) is 6.61 Å². The molecule has 0 saturated heterocycles. The van der Waals surface area contributed by atoms with Gasteiger partial charge < -0.3 is 4.74 Å². The monoisotopic (exact) mass is 188 g/mol. The number of rotatable bonds is 4. The Labute approximate surface area is 66.3 Å². The Morgan fingerprint density at radius 2 is 1.67 bits per heavy atom. The lowest BCUT2D eigenvalue weighted by Crippen LogP contribution is -2.50. The number of hydrogen-bond acceptors (Lipinski definition) is 2. The average Bonchev–Trinajstić information content (AvgIpc) is 1.83. The van der Waals surface area contributed by atoms with Crippen molar-refractivity contribution >= 4 is 0 Å². The van der Waals surface area contributed by atoms with E-state index in [0.29, 0.717) is 0 Å². The molecule has 0 aromatic carbocycles. The third kappa shape index (κ3) is 2.31. The van der Waals surface area contributed by atoms with Crippen LogP contribution in [0.5, 0.6) is 0 Å². The van der Waals surface area contributed by atoms with E-state index in [9.17, 15) is 17.7 Å². The molecule has 72 valence electrons. The number of hydrogen-bond donors (Lipinski definition) is 0. The topological polar surface area (TPSA) is 18.5 Å². The second kappa shape index (κ2) is 3.18. The van der Waals surface area contributed by atoms with Gasteiger partial charge in [-0.3, -0.25) is 0 Å². The van der Waals surface area contributed by atoms with Crippen molar-refractivity contribution in [1.82, 2.24) is 0 Å². The average molecular weight is 188 g/mol. The van der Waals surface area contributed by atoms with E-state index in [-0.39, 0.29) is 6.61 Å². The maximum absolute atomic E-state index is 12.8. The molecule has 2 nitrogen and oxygen atoms in total. The van der Waals surface area contributed by atoms with E-state index in [1.807, 2.05) is 0 Å². The zero-order valence-electron chi connectivity index (χ0n) is 6.16. The molecular formula is C6H8F4O2. The molecule has 0 amide bonds. The van der Waals surface area contributed by atoms with Crippen molar-refractivity contribution in [2.75, 3.05) is 13.2 Å². The van der Waals surface area contributed by atoms with Crippen molar-refractivity contribution in [3.05, 3.63) is 0 Å². The van der Waals surface area contributed by atoms with Crippen LogP contribution in [-0.4, -0.2) is 25.0 Å². The summed E-state index contributed by atoms with van der Waals surface area (Å²) < 4.78 is 52.4. The normalized spacial score (nSPS) is 25.0. The molecule has 1 fully saturated rings. The largest absolute Gasteiger partial charge is 0.343 e. The van der Waals surface area contributed by atoms with Gasteiger partial charge in [-0.15, -0.1) is 0 Å². The third-order valence-electron chi connectivity index (χ3n) is 1.57. The molecule has 1 rings (SSSR count). The zero-order valence-corrected chi connectivity index (χ0v) is 6.16. The van der Waals surface area contributed by atoms with Crippen molar-refractivity contribution < 1.29 is 27.4 Å². The number of ether oxygens (including phenoxy) is 1. The van der Waals surface area contributed by atoms with Crippen LogP contribution in [0.25, 0.3) is 0 Å². The first-order chi connectivity index (χ1) is 5.47. The summed E-state index contributed by atoms with van der Waals surface area (Å²) >= 11 is 0. The summed E-state index contributed by atoms with van der Waals surface area (Å²) in [7, 11) is 0. The smallest absolute Gasteiger partial charge is 0.259 e. The zero-order chi connectivity index (χ0) is 9.24. The maximum Gasteiger partial charge on any atom is 0.259 e. The van der Waals surface area contributed by atoms with Gasteiger partial charge >= 0.3 is 0 Å². The third-order valence-corrected chi connectivity index (χ3v) is 1.57. The number of alkyl halides is 3. The van der Waals surface area contributed by atoms with Crippen LogP contribution in [0, 0.1) is 0 Å². The molecule has 0 spiro atoms. The quantitative estimate of drug-likeness (QED) is 0.496. The van der Waals surface area contributed by atoms with Gasteiger partial charge in [-0.25, -0.2) is 13.2 Å². The van der Waals surface area contributed by atoms with Crippen LogP contribution in [0.1, 0.15) is 12.8 Å². The van der Waals surface area contributed by atoms with E-state index in [1.54, 1.807) is 0 Å². The highest BCUT2D eigenvalue weighted by molar-refractivity contribution is 4.93. The van der Waals surface area contributed by atoms with Crippen molar-refractivity contribution in [1.29, 1.82) is 0 Å². The van der Waals surface area contributed by atoms with Crippen LogP contribution in [-0.2, 0) is 9.68 Å². The lowest BCUT2D eigenvalue weighted by molar-refractivity contribution is -0.296. The van der Waals surface area contributed by atoms with E-state index >= 15 is 0 Å². The van der Waals surface area contributed by atoms with Crippen LogP contribution >= 0.6 is 0 Å². The van der Waals surface area contributed by atoms with Crippen molar-refractivity contribution in [3.63, 3.8) is 0 Å². The standard InChI is InChI=1S/C6H8F4O2/c7-5(8)3-6(9,4-5)11-1-2-12-10/h1-4H2. The molecule has 0 unspecified atom stereocenters. The highest BCUT2D eigenvalue weighted by Crippen LogP contribution is 2.48. The van der Waals surface area contributed by atoms with Crippen LogP contribution in [0.4, 0.5) is 17.7 Å². The summed E-state index contributed by atoms with van der Waals surface area (Å²) in [6.07, 6.45) is -1.90. The lowest BCUT2D eigenvalue weighted by Gasteiger charge is -2.40. The first kappa shape index (κ1) is 9.73. The van der Waals surface area contributed by atoms with E-state index < -0.39 is 31.2 Å². The summed E-state index contributed by atoms with van der Waals surface area (Å²) in [5.74, 6) is -5.27.